The first kappa shape index (κ1) is 25.2. The maximum absolute atomic E-state index is 13.6. The molecular weight excluding hydrogens is 473 g/mol. The zero-order valence-corrected chi connectivity index (χ0v) is 19.7. The molecule has 4 rings (SSSR count). The van der Waals surface area contributed by atoms with E-state index in [4.69, 9.17) is 9.84 Å². The first-order chi connectivity index (χ1) is 17.0. The van der Waals surface area contributed by atoms with Crippen LogP contribution in [0.5, 0.6) is 5.75 Å². The van der Waals surface area contributed by atoms with Crippen molar-refractivity contribution >= 4 is 17.6 Å². The Morgan fingerprint density at radius 1 is 1.14 bits per heavy atom. The average Bonchev–Trinajstić information content (AvgIpc) is 3.60. The summed E-state index contributed by atoms with van der Waals surface area (Å²) in [6.45, 7) is 3.79. The minimum absolute atomic E-state index is 0.253. The van der Waals surface area contributed by atoms with Crippen molar-refractivity contribution in [3.8, 4) is 5.75 Å². The Hall–Kier alpha value is -3.88. The van der Waals surface area contributed by atoms with Gasteiger partial charge in [0.25, 0.3) is 5.91 Å². The number of carbonyl (C=O) groups excluding carboxylic acids is 1. The first-order valence-corrected chi connectivity index (χ1v) is 11.4. The van der Waals surface area contributed by atoms with E-state index in [9.17, 15) is 22.8 Å². The van der Waals surface area contributed by atoms with E-state index in [-0.39, 0.29) is 11.5 Å². The summed E-state index contributed by atoms with van der Waals surface area (Å²) >= 11 is 0. The lowest BCUT2D eigenvalue weighted by Crippen LogP contribution is -2.19. The van der Waals surface area contributed by atoms with Crippen LogP contribution < -0.4 is 10.1 Å². The second kappa shape index (κ2) is 10.0. The van der Waals surface area contributed by atoms with Crippen LogP contribution in [-0.4, -0.2) is 28.6 Å². The van der Waals surface area contributed by atoms with E-state index in [1.165, 1.54) is 12.1 Å². The fourth-order valence-corrected chi connectivity index (χ4v) is 4.36. The van der Waals surface area contributed by atoms with Crippen molar-refractivity contribution < 1.29 is 32.6 Å². The highest BCUT2D eigenvalue weighted by Crippen LogP contribution is 2.49. The Labute approximate surface area is 206 Å². The van der Waals surface area contributed by atoms with Crippen molar-refractivity contribution in [2.75, 3.05) is 11.9 Å². The molecule has 36 heavy (non-hydrogen) atoms. The van der Waals surface area contributed by atoms with E-state index in [1.807, 2.05) is 12.1 Å². The van der Waals surface area contributed by atoms with E-state index in [0.29, 0.717) is 41.9 Å². The summed E-state index contributed by atoms with van der Waals surface area (Å²) in [5.41, 5.74) is 1.46. The van der Waals surface area contributed by atoms with Crippen molar-refractivity contribution in [3.63, 3.8) is 0 Å². The van der Waals surface area contributed by atoms with Gasteiger partial charge in [0.2, 0.25) is 0 Å². The highest BCUT2D eigenvalue weighted by Gasteiger charge is 2.45. The smallest absolute Gasteiger partial charge is 0.418 e. The van der Waals surface area contributed by atoms with Gasteiger partial charge in [-0.2, -0.15) is 13.2 Å². The number of hydrogen-bond acceptors (Lipinski definition) is 4. The van der Waals surface area contributed by atoms with Crippen LogP contribution in [0.25, 0.3) is 0 Å². The number of halogens is 3. The number of nitrogens with one attached hydrogen (secondary N) is 1. The number of rotatable bonds is 8. The van der Waals surface area contributed by atoms with Crippen molar-refractivity contribution in [2.45, 2.75) is 38.8 Å². The molecule has 0 radical (unpaired) electrons. The van der Waals surface area contributed by atoms with Gasteiger partial charge in [0, 0.05) is 24.4 Å². The molecule has 0 saturated heterocycles. The van der Waals surface area contributed by atoms with Crippen LogP contribution in [0.4, 0.5) is 18.9 Å². The van der Waals surface area contributed by atoms with Crippen LogP contribution in [0.3, 0.4) is 0 Å². The number of nitrogens with zero attached hydrogens (tertiary/aromatic N) is 1. The molecule has 2 N–H and O–H groups in total. The number of alkyl halides is 3. The first-order valence-electron chi connectivity index (χ1n) is 11.4. The van der Waals surface area contributed by atoms with Gasteiger partial charge in [-0.3, -0.25) is 14.6 Å². The predicted molar refractivity (Wildman–Crippen MR) is 127 cm³/mol. The van der Waals surface area contributed by atoms with Gasteiger partial charge in [-0.1, -0.05) is 12.1 Å². The number of carboxylic acid groups (broad SMARTS) is 1. The lowest BCUT2D eigenvalue weighted by Gasteiger charge is -2.17. The number of aromatic nitrogens is 1. The Balaban J connectivity index is 1.52. The fourth-order valence-electron chi connectivity index (χ4n) is 4.36. The monoisotopic (exact) mass is 498 g/mol. The number of ether oxygens (including phenoxy) is 1. The Morgan fingerprint density at radius 2 is 1.86 bits per heavy atom. The van der Waals surface area contributed by atoms with Crippen LogP contribution in [0.1, 0.15) is 50.5 Å². The number of carbonyl (C=O) groups is 2. The van der Waals surface area contributed by atoms with Crippen molar-refractivity contribution in [1.82, 2.24) is 4.98 Å². The van der Waals surface area contributed by atoms with E-state index in [1.54, 1.807) is 38.4 Å². The minimum Gasteiger partial charge on any atom is -0.493 e. The van der Waals surface area contributed by atoms with Crippen molar-refractivity contribution in [3.05, 3.63) is 88.2 Å². The number of anilines is 1. The number of hydrogen-bond donors (Lipinski definition) is 2. The molecule has 1 fully saturated rings. The molecule has 1 saturated carbocycles. The van der Waals surface area contributed by atoms with Gasteiger partial charge in [0.05, 0.1) is 23.8 Å². The number of pyridine rings is 1. The SMILES string of the molecule is Cc1cc(OCCc2cccnc2)cc(C)c1C(=O)Nc1cc([C@H]2C[C@H]2C(=O)O)ccc1C(F)(F)F. The lowest BCUT2D eigenvalue weighted by molar-refractivity contribution is -0.139. The average molecular weight is 499 g/mol. The molecule has 188 valence electrons. The van der Waals surface area contributed by atoms with Gasteiger partial charge in [0.15, 0.2) is 0 Å². The molecule has 3 aromatic rings. The largest absolute Gasteiger partial charge is 0.493 e. The van der Waals surface area contributed by atoms with Gasteiger partial charge < -0.3 is 15.2 Å². The molecule has 9 heteroatoms. The van der Waals surface area contributed by atoms with Crippen molar-refractivity contribution in [2.24, 2.45) is 5.92 Å². The molecule has 2 atom stereocenters. The van der Waals surface area contributed by atoms with Crippen molar-refractivity contribution in [1.29, 1.82) is 0 Å². The molecule has 1 heterocycles. The van der Waals surface area contributed by atoms with Crippen LogP contribution in [0, 0.1) is 19.8 Å². The summed E-state index contributed by atoms with van der Waals surface area (Å²) in [6, 6.07) is 10.5. The van der Waals surface area contributed by atoms with Gasteiger partial charge in [0.1, 0.15) is 5.75 Å². The number of carboxylic acids is 1. The third-order valence-corrected chi connectivity index (χ3v) is 6.25. The number of amides is 1. The summed E-state index contributed by atoms with van der Waals surface area (Å²) in [4.78, 5) is 28.3. The third kappa shape index (κ3) is 5.67. The normalized spacial score (nSPS) is 16.9. The molecule has 0 bridgehead atoms. The predicted octanol–water partition coefficient (Wildman–Crippen LogP) is 5.78. The Bertz CT molecular complexity index is 1270. The maximum Gasteiger partial charge on any atom is 0.418 e. The second-order valence-electron chi connectivity index (χ2n) is 8.94. The number of aryl methyl sites for hydroxylation is 2. The number of benzene rings is 2. The van der Waals surface area contributed by atoms with Crippen LogP contribution in [0.2, 0.25) is 0 Å². The molecule has 1 aromatic heterocycles. The maximum atomic E-state index is 13.6. The van der Waals surface area contributed by atoms with E-state index >= 15 is 0 Å². The molecule has 2 aromatic carbocycles. The third-order valence-electron chi connectivity index (χ3n) is 6.25. The standard InChI is InChI=1S/C27H25F3N2O4/c1-15-10-19(36-9-7-17-4-3-8-31-14-17)11-16(2)24(15)25(33)32-23-12-18(20-13-21(20)26(34)35)5-6-22(23)27(28,29)30/h3-6,8,10-12,14,20-21H,7,9,13H2,1-2H3,(H,32,33)(H,34,35)/t20-,21-/m1/s1. The van der Waals surface area contributed by atoms with Crippen LogP contribution in [-0.2, 0) is 17.4 Å². The molecule has 1 aliphatic rings. The fraction of sp³-hybridized carbons (Fsp3) is 0.296. The Morgan fingerprint density at radius 3 is 2.44 bits per heavy atom. The minimum atomic E-state index is -4.69. The molecule has 0 aliphatic heterocycles. The second-order valence-corrected chi connectivity index (χ2v) is 8.94. The zero-order chi connectivity index (χ0) is 26.0. The van der Waals surface area contributed by atoms with Gasteiger partial charge in [-0.25, -0.2) is 0 Å². The molecule has 1 amide bonds. The quantitative estimate of drug-likeness (QED) is 0.411. The lowest BCUT2D eigenvalue weighted by atomic mass is 10.00. The Kier molecular flexibility index (Phi) is 7.01. The molecule has 0 unspecified atom stereocenters. The van der Waals surface area contributed by atoms with E-state index < -0.39 is 35.2 Å². The highest BCUT2D eigenvalue weighted by molar-refractivity contribution is 6.07. The molecule has 1 aliphatic carbocycles. The summed E-state index contributed by atoms with van der Waals surface area (Å²) in [5.74, 6) is -2.11. The van der Waals surface area contributed by atoms with Gasteiger partial charge in [-0.05, 0) is 78.8 Å². The highest BCUT2D eigenvalue weighted by atomic mass is 19.4. The van der Waals surface area contributed by atoms with Gasteiger partial charge in [-0.15, -0.1) is 0 Å². The van der Waals surface area contributed by atoms with Gasteiger partial charge >= 0.3 is 12.1 Å². The molecule has 6 nitrogen and oxygen atoms in total. The molecule has 0 spiro atoms. The summed E-state index contributed by atoms with van der Waals surface area (Å²) in [7, 11) is 0. The van der Waals surface area contributed by atoms with Crippen LogP contribution in [0.15, 0.2) is 54.9 Å². The zero-order valence-electron chi connectivity index (χ0n) is 19.7. The molecular formula is C27H25F3N2O4. The van der Waals surface area contributed by atoms with E-state index in [0.717, 1.165) is 11.6 Å². The van der Waals surface area contributed by atoms with Crippen LogP contribution >= 0.6 is 0 Å². The summed E-state index contributed by atoms with van der Waals surface area (Å²) < 4.78 is 46.7. The van der Waals surface area contributed by atoms with E-state index in [2.05, 4.69) is 10.3 Å². The summed E-state index contributed by atoms with van der Waals surface area (Å²) in [5, 5.41) is 11.6. The topological polar surface area (TPSA) is 88.5 Å². The summed E-state index contributed by atoms with van der Waals surface area (Å²) in [6.07, 6.45) is -0.244. The number of aliphatic carboxylic acids is 1.